The largest absolute Gasteiger partial charge is 0.417 e. The van der Waals surface area contributed by atoms with E-state index in [2.05, 4.69) is 27.2 Å². The molecular weight excluding hydrogens is 508 g/mol. The van der Waals surface area contributed by atoms with Gasteiger partial charge in [0.25, 0.3) is 0 Å². The van der Waals surface area contributed by atoms with E-state index < -0.39 is 23.5 Å². The molecule has 38 heavy (non-hydrogen) atoms. The number of anilines is 3. The summed E-state index contributed by atoms with van der Waals surface area (Å²) in [7, 11) is 0. The molecule has 1 fully saturated rings. The molecule has 198 valence electrons. The van der Waals surface area contributed by atoms with Crippen molar-refractivity contribution in [3.63, 3.8) is 0 Å². The van der Waals surface area contributed by atoms with Gasteiger partial charge in [-0.25, -0.2) is 4.98 Å². The fraction of sp³-hybridized carbons (Fsp3) is 0.296. The fourth-order valence-electron chi connectivity index (χ4n) is 4.59. The van der Waals surface area contributed by atoms with Crippen LogP contribution < -0.4 is 10.2 Å². The Balaban J connectivity index is 1.61. The van der Waals surface area contributed by atoms with Crippen LogP contribution in [0.1, 0.15) is 30.9 Å². The molecule has 3 heterocycles. The fourth-order valence-corrected chi connectivity index (χ4v) is 4.59. The standard InChI is InChI=1S/C27H23F6N5/c1-16-5-4-14-38(15-16)25-36-23(34-18-10-8-17(9-11-18)26(28,29)30)20-12-13-22(35-24(20)37-25)19-6-2-3-7-21(19)27(31,32)33/h2-3,6-13,16H,4-5,14-15H2,1H3,(H,34,35,36,37). The van der Waals surface area contributed by atoms with Gasteiger partial charge in [-0.15, -0.1) is 0 Å². The van der Waals surface area contributed by atoms with Crippen LogP contribution in [0.15, 0.2) is 60.7 Å². The smallest absolute Gasteiger partial charge is 0.340 e. The summed E-state index contributed by atoms with van der Waals surface area (Å²) >= 11 is 0. The summed E-state index contributed by atoms with van der Waals surface area (Å²) in [6, 6.07) is 12.7. The van der Waals surface area contributed by atoms with Gasteiger partial charge in [0.1, 0.15) is 5.82 Å². The quantitative estimate of drug-likeness (QED) is 0.274. The lowest BCUT2D eigenvalue weighted by Crippen LogP contribution is -2.35. The van der Waals surface area contributed by atoms with Gasteiger partial charge >= 0.3 is 12.4 Å². The first kappa shape index (κ1) is 25.7. The molecule has 2 aromatic carbocycles. The normalized spacial score (nSPS) is 16.6. The Bertz CT molecular complexity index is 1450. The van der Waals surface area contributed by atoms with Crippen LogP contribution in [-0.4, -0.2) is 28.0 Å². The van der Waals surface area contributed by atoms with E-state index in [0.29, 0.717) is 41.8 Å². The van der Waals surface area contributed by atoms with Gasteiger partial charge in [0.15, 0.2) is 5.65 Å². The van der Waals surface area contributed by atoms with Crippen molar-refractivity contribution in [2.45, 2.75) is 32.1 Å². The number of halogens is 6. The maximum Gasteiger partial charge on any atom is 0.417 e. The lowest BCUT2D eigenvalue weighted by atomic mass is 10.0. The maximum atomic E-state index is 13.7. The Morgan fingerprint density at radius 2 is 1.58 bits per heavy atom. The molecule has 5 rings (SSSR count). The summed E-state index contributed by atoms with van der Waals surface area (Å²) in [4.78, 5) is 15.7. The molecule has 0 amide bonds. The van der Waals surface area contributed by atoms with Crippen LogP contribution >= 0.6 is 0 Å². The second kappa shape index (κ2) is 9.77. The van der Waals surface area contributed by atoms with E-state index in [9.17, 15) is 26.3 Å². The molecular formula is C27H23F6N5. The minimum atomic E-state index is -4.57. The molecule has 0 saturated carbocycles. The van der Waals surface area contributed by atoms with Crippen LogP contribution in [0.25, 0.3) is 22.3 Å². The van der Waals surface area contributed by atoms with E-state index in [4.69, 9.17) is 0 Å². The number of fused-ring (bicyclic) bond motifs is 1. The molecule has 0 radical (unpaired) electrons. The number of nitrogens with one attached hydrogen (secondary N) is 1. The van der Waals surface area contributed by atoms with E-state index in [0.717, 1.165) is 31.0 Å². The summed E-state index contributed by atoms with van der Waals surface area (Å²) in [6.07, 6.45) is -7.05. The van der Waals surface area contributed by atoms with Gasteiger partial charge in [0.05, 0.1) is 22.2 Å². The molecule has 1 N–H and O–H groups in total. The Morgan fingerprint density at radius 1 is 0.842 bits per heavy atom. The maximum absolute atomic E-state index is 13.7. The summed E-state index contributed by atoms with van der Waals surface area (Å²) in [5.74, 6) is 1.05. The SMILES string of the molecule is CC1CCCN(c2nc(Nc3ccc(C(F)(F)F)cc3)c3ccc(-c4ccccc4C(F)(F)F)nc3n2)C1. The third kappa shape index (κ3) is 5.36. The number of piperidine rings is 1. The number of hydrogen-bond acceptors (Lipinski definition) is 5. The van der Waals surface area contributed by atoms with Crippen molar-refractivity contribution >= 4 is 28.5 Å². The van der Waals surface area contributed by atoms with Crippen molar-refractivity contribution in [1.29, 1.82) is 0 Å². The lowest BCUT2D eigenvalue weighted by Gasteiger charge is -2.31. The summed E-state index contributed by atoms with van der Waals surface area (Å²) < 4.78 is 80.0. The van der Waals surface area contributed by atoms with Crippen LogP contribution in [0.3, 0.4) is 0 Å². The highest BCUT2D eigenvalue weighted by atomic mass is 19.4. The molecule has 0 spiro atoms. The molecule has 1 aliphatic rings. The number of rotatable bonds is 4. The molecule has 11 heteroatoms. The van der Waals surface area contributed by atoms with Crippen molar-refractivity contribution in [2.75, 3.05) is 23.3 Å². The Hall–Kier alpha value is -3.89. The van der Waals surface area contributed by atoms with Crippen LogP contribution in [0.2, 0.25) is 0 Å². The number of hydrogen-bond donors (Lipinski definition) is 1. The minimum Gasteiger partial charge on any atom is -0.340 e. The topological polar surface area (TPSA) is 53.9 Å². The number of aromatic nitrogens is 3. The molecule has 0 bridgehead atoms. The summed E-state index contributed by atoms with van der Waals surface area (Å²) in [6.45, 7) is 3.51. The molecule has 2 aromatic heterocycles. The van der Waals surface area contributed by atoms with Crippen LogP contribution in [0, 0.1) is 5.92 Å². The van der Waals surface area contributed by atoms with E-state index in [1.165, 1.54) is 36.4 Å². The second-order valence-corrected chi connectivity index (χ2v) is 9.38. The van der Waals surface area contributed by atoms with Gasteiger partial charge in [-0.3, -0.25) is 0 Å². The molecule has 1 atom stereocenters. The monoisotopic (exact) mass is 531 g/mol. The number of pyridine rings is 1. The predicted octanol–water partition coefficient (Wildman–Crippen LogP) is 7.71. The van der Waals surface area contributed by atoms with E-state index in [1.54, 1.807) is 6.07 Å². The van der Waals surface area contributed by atoms with Crippen molar-refractivity contribution in [3.05, 3.63) is 71.8 Å². The Kier molecular flexibility index (Phi) is 6.62. The highest BCUT2D eigenvalue weighted by Crippen LogP contribution is 2.38. The highest BCUT2D eigenvalue weighted by molar-refractivity contribution is 5.91. The molecule has 4 aromatic rings. The number of alkyl halides is 6. The zero-order valence-corrected chi connectivity index (χ0v) is 20.2. The van der Waals surface area contributed by atoms with Crippen LogP contribution in [0.4, 0.5) is 43.8 Å². The van der Waals surface area contributed by atoms with Gasteiger partial charge < -0.3 is 10.2 Å². The first-order valence-electron chi connectivity index (χ1n) is 12.0. The molecule has 1 aliphatic heterocycles. The van der Waals surface area contributed by atoms with Gasteiger partial charge in [-0.05, 0) is 61.2 Å². The van der Waals surface area contributed by atoms with Crippen molar-refractivity contribution in [3.8, 4) is 11.3 Å². The summed E-state index contributed by atoms with van der Waals surface area (Å²) in [5.41, 5.74) is -1.03. The molecule has 5 nitrogen and oxygen atoms in total. The predicted molar refractivity (Wildman–Crippen MR) is 133 cm³/mol. The van der Waals surface area contributed by atoms with Gasteiger partial charge in [0.2, 0.25) is 5.95 Å². The lowest BCUT2D eigenvalue weighted by molar-refractivity contribution is -0.138. The average molecular weight is 532 g/mol. The zero-order valence-electron chi connectivity index (χ0n) is 20.2. The van der Waals surface area contributed by atoms with Crippen molar-refractivity contribution in [2.24, 2.45) is 5.92 Å². The first-order valence-corrected chi connectivity index (χ1v) is 12.0. The highest BCUT2D eigenvalue weighted by Gasteiger charge is 2.34. The average Bonchev–Trinajstić information content (AvgIpc) is 2.87. The van der Waals surface area contributed by atoms with Gasteiger partial charge in [-0.1, -0.05) is 25.1 Å². The minimum absolute atomic E-state index is 0.0779. The van der Waals surface area contributed by atoms with Crippen LogP contribution in [-0.2, 0) is 12.4 Å². The zero-order chi connectivity index (χ0) is 27.1. The second-order valence-electron chi connectivity index (χ2n) is 9.38. The Labute approximate surface area is 214 Å². The first-order chi connectivity index (χ1) is 18.0. The van der Waals surface area contributed by atoms with E-state index >= 15 is 0 Å². The number of nitrogens with zero attached hydrogens (tertiary/aromatic N) is 4. The summed E-state index contributed by atoms with van der Waals surface area (Å²) in [5, 5.41) is 3.47. The number of benzene rings is 2. The third-order valence-corrected chi connectivity index (χ3v) is 6.47. The van der Waals surface area contributed by atoms with E-state index in [1.807, 2.05) is 4.90 Å². The Morgan fingerprint density at radius 3 is 2.26 bits per heavy atom. The van der Waals surface area contributed by atoms with E-state index in [-0.39, 0.29) is 16.9 Å². The van der Waals surface area contributed by atoms with Crippen molar-refractivity contribution in [1.82, 2.24) is 15.0 Å². The van der Waals surface area contributed by atoms with Crippen LogP contribution in [0.5, 0.6) is 0 Å². The van der Waals surface area contributed by atoms with Crippen molar-refractivity contribution < 1.29 is 26.3 Å². The van der Waals surface area contributed by atoms with Gasteiger partial charge in [-0.2, -0.15) is 36.3 Å². The molecule has 1 saturated heterocycles. The van der Waals surface area contributed by atoms with Gasteiger partial charge in [0, 0.05) is 24.3 Å². The third-order valence-electron chi connectivity index (χ3n) is 6.47. The molecule has 1 unspecified atom stereocenters. The molecule has 0 aliphatic carbocycles.